The molecule has 2 N–H and O–H groups in total. The zero-order valence-electron chi connectivity index (χ0n) is 22.6. The fourth-order valence-electron chi connectivity index (χ4n) is 4.48. The first-order valence-corrected chi connectivity index (χ1v) is 13.5. The van der Waals surface area contributed by atoms with Gasteiger partial charge in [0.1, 0.15) is 0 Å². The summed E-state index contributed by atoms with van der Waals surface area (Å²) in [6, 6.07) is 8.18. The predicted octanol–water partition coefficient (Wildman–Crippen LogP) is 6.53. The van der Waals surface area contributed by atoms with Gasteiger partial charge in [0.25, 0.3) is 11.8 Å². The van der Waals surface area contributed by atoms with Crippen molar-refractivity contribution in [1.29, 1.82) is 0 Å². The number of imide groups is 1. The first-order valence-electron chi connectivity index (χ1n) is 12.0. The molecular formula is C28H28F5NO5S. The number of carbonyl (C=O) groups excluding carboxylic acids is 2. The second-order valence-corrected chi connectivity index (χ2v) is 13.4. The molecule has 1 heterocycles. The molecule has 0 spiro atoms. The van der Waals surface area contributed by atoms with Gasteiger partial charge in [-0.25, -0.2) is 22.0 Å². The SMILES string of the molecule is CC(C)(C)Cc1cc2c3c(cc(CC(C)(C)C)cc3c1)C(=O)NC2=O.O=S(=O)(O)c1c(F)c(F)c(F)c(F)c1F. The summed E-state index contributed by atoms with van der Waals surface area (Å²) in [5.74, 6) is -13.2. The largest absolute Gasteiger partial charge is 0.300 e. The van der Waals surface area contributed by atoms with Crippen molar-refractivity contribution in [3.05, 3.63) is 75.6 Å². The highest BCUT2D eigenvalue weighted by Gasteiger charge is 2.32. The third-order valence-corrected chi connectivity index (χ3v) is 6.66. The van der Waals surface area contributed by atoms with E-state index in [1.165, 1.54) is 0 Å². The number of nitrogens with one attached hydrogen (secondary N) is 1. The fraction of sp³-hybridized carbons (Fsp3) is 0.357. The lowest BCUT2D eigenvalue weighted by atomic mass is 9.83. The first kappa shape index (κ1) is 31.2. The van der Waals surface area contributed by atoms with Crippen molar-refractivity contribution < 1.29 is 44.5 Å². The highest BCUT2D eigenvalue weighted by molar-refractivity contribution is 7.85. The second-order valence-electron chi connectivity index (χ2n) is 12.0. The Labute approximate surface area is 228 Å². The van der Waals surface area contributed by atoms with Crippen LogP contribution in [0.4, 0.5) is 22.0 Å². The summed E-state index contributed by atoms with van der Waals surface area (Å²) < 4.78 is 91.3. The summed E-state index contributed by atoms with van der Waals surface area (Å²) in [5.41, 5.74) is 3.78. The number of hydrogen-bond acceptors (Lipinski definition) is 4. The molecule has 40 heavy (non-hydrogen) atoms. The second kappa shape index (κ2) is 10.5. The summed E-state index contributed by atoms with van der Waals surface area (Å²) in [7, 11) is -5.52. The molecule has 0 unspecified atom stereocenters. The Bertz CT molecular complexity index is 1560. The predicted molar refractivity (Wildman–Crippen MR) is 138 cm³/mol. The summed E-state index contributed by atoms with van der Waals surface area (Å²) >= 11 is 0. The summed E-state index contributed by atoms with van der Waals surface area (Å²) in [6.45, 7) is 13.1. The lowest BCUT2D eigenvalue weighted by Crippen LogP contribution is -2.35. The maximum absolute atomic E-state index is 12.6. The molecule has 0 aromatic heterocycles. The van der Waals surface area contributed by atoms with Gasteiger partial charge in [0.05, 0.1) is 0 Å². The van der Waals surface area contributed by atoms with Crippen molar-refractivity contribution in [2.45, 2.75) is 59.3 Å². The molecule has 216 valence electrons. The lowest BCUT2D eigenvalue weighted by molar-refractivity contribution is 0.0844. The van der Waals surface area contributed by atoms with E-state index in [1.807, 2.05) is 12.1 Å². The molecular weight excluding hydrogens is 557 g/mol. The molecule has 0 fully saturated rings. The minimum absolute atomic E-state index is 0.132. The van der Waals surface area contributed by atoms with Crippen molar-refractivity contribution >= 4 is 32.7 Å². The smallest absolute Gasteiger partial charge is 0.288 e. The zero-order chi connectivity index (χ0) is 30.5. The molecule has 6 nitrogen and oxygen atoms in total. The van der Waals surface area contributed by atoms with Gasteiger partial charge in [0.15, 0.2) is 28.2 Å². The van der Waals surface area contributed by atoms with Crippen LogP contribution in [0, 0.1) is 39.9 Å². The van der Waals surface area contributed by atoms with E-state index in [9.17, 15) is 40.0 Å². The minimum Gasteiger partial charge on any atom is -0.288 e. The normalized spacial score (nSPS) is 13.7. The van der Waals surface area contributed by atoms with Crippen molar-refractivity contribution in [3.63, 3.8) is 0 Å². The molecule has 0 aliphatic carbocycles. The number of carbonyl (C=O) groups is 2. The van der Waals surface area contributed by atoms with Gasteiger partial charge in [0, 0.05) is 16.5 Å². The third-order valence-electron chi connectivity index (χ3n) is 5.78. The van der Waals surface area contributed by atoms with Crippen molar-refractivity contribution in [2.24, 2.45) is 10.8 Å². The molecule has 1 aliphatic rings. The molecule has 12 heteroatoms. The molecule has 3 aromatic carbocycles. The lowest BCUT2D eigenvalue weighted by Gasteiger charge is -2.24. The number of hydrogen-bond donors (Lipinski definition) is 2. The Balaban J connectivity index is 0.000000252. The van der Waals surface area contributed by atoms with Gasteiger partial charge in [-0.2, -0.15) is 8.42 Å². The molecule has 0 saturated carbocycles. The van der Waals surface area contributed by atoms with Gasteiger partial charge in [-0.1, -0.05) is 53.7 Å². The molecule has 3 aromatic rings. The number of amides is 2. The van der Waals surface area contributed by atoms with Crippen LogP contribution in [0.2, 0.25) is 0 Å². The standard InChI is InChI=1S/C22H27NO2.C6HF5O3S/c1-21(2,3)11-13-7-15-8-14(12-22(4,5)6)10-17-18(15)16(9-13)19(24)23-20(17)25;7-1-2(8)4(10)6(15(12,13)14)5(11)3(1)9/h7-10H,11-12H2,1-6H3,(H,23,24,25);(H,12,13,14). The van der Waals surface area contributed by atoms with Crippen LogP contribution in [0.5, 0.6) is 0 Å². The van der Waals surface area contributed by atoms with Crippen LogP contribution in [0.25, 0.3) is 10.8 Å². The summed E-state index contributed by atoms with van der Waals surface area (Å²) in [5, 5.41) is 4.29. The summed E-state index contributed by atoms with van der Waals surface area (Å²) in [4.78, 5) is 22.5. The average molecular weight is 586 g/mol. The van der Waals surface area contributed by atoms with E-state index in [0.29, 0.717) is 11.1 Å². The maximum atomic E-state index is 12.6. The quantitative estimate of drug-likeness (QED) is 0.120. The van der Waals surface area contributed by atoms with Crippen LogP contribution in [0.1, 0.15) is 73.4 Å². The Morgan fingerprint density at radius 2 is 1.02 bits per heavy atom. The van der Waals surface area contributed by atoms with E-state index in [2.05, 4.69) is 59.0 Å². The van der Waals surface area contributed by atoms with E-state index in [4.69, 9.17) is 4.55 Å². The van der Waals surface area contributed by atoms with Crippen LogP contribution >= 0.6 is 0 Å². The molecule has 4 rings (SSSR count). The highest BCUT2D eigenvalue weighted by Crippen LogP contribution is 2.33. The maximum Gasteiger partial charge on any atom is 0.300 e. The van der Waals surface area contributed by atoms with Crippen LogP contribution in [0.3, 0.4) is 0 Å². The number of benzene rings is 3. The monoisotopic (exact) mass is 585 g/mol. The zero-order valence-corrected chi connectivity index (χ0v) is 23.4. The minimum atomic E-state index is -5.52. The van der Waals surface area contributed by atoms with E-state index in [0.717, 1.165) is 34.7 Å². The van der Waals surface area contributed by atoms with Gasteiger partial charge in [-0.15, -0.1) is 0 Å². The Morgan fingerprint density at radius 3 is 1.35 bits per heavy atom. The highest BCUT2D eigenvalue weighted by atomic mass is 32.2. The van der Waals surface area contributed by atoms with Gasteiger partial charge < -0.3 is 0 Å². The molecule has 0 saturated heterocycles. The van der Waals surface area contributed by atoms with Crippen LogP contribution in [-0.4, -0.2) is 24.8 Å². The van der Waals surface area contributed by atoms with Gasteiger partial charge in [0.2, 0.25) is 5.82 Å². The van der Waals surface area contributed by atoms with Crippen LogP contribution in [-0.2, 0) is 23.0 Å². The molecule has 0 atom stereocenters. The van der Waals surface area contributed by atoms with Crippen LogP contribution < -0.4 is 5.32 Å². The Morgan fingerprint density at radius 1 is 0.675 bits per heavy atom. The topological polar surface area (TPSA) is 101 Å². The Hall–Kier alpha value is -3.38. The van der Waals surface area contributed by atoms with Gasteiger partial charge >= 0.3 is 10.1 Å². The van der Waals surface area contributed by atoms with Crippen LogP contribution in [0.15, 0.2) is 29.2 Å². The first-order chi connectivity index (χ1) is 18.1. The third kappa shape index (κ3) is 6.67. The number of rotatable bonds is 3. The van der Waals surface area contributed by atoms with E-state index in [-0.39, 0.29) is 22.6 Å². The molecule has 2 amide bonds. The summed E-state index contributed by atoms with van der Waals surface area (Å²) in [6.07, 6.45) is 1.77. The van der Waals surface area contributed by atoms with Crippen molar-refractivity contribution in [1.82, 2.24) is 5.32 Å². The van der Waals surface area contributed by atoms with Gasteiger partial charge in [-0.3, -0.25) is 19.5 Å². The van der Waals surface area contributed by atoms with E-state index < -0.39 is 44.1 Å². The van der Waals surface area contributed by atoms with Crippen molar-refractivity contribution in [3.8, 4) is 0 Å². The molecule has 0 bridgehead atoms. The van der Waals surface area contributed by atoms with E-state index in [1.54, 1.807) is 0 Å². The molecule has 0 radical (unpaired) electrons. The fourth-order valence-corrected chi connectivity index (χ4v) is 5.11. The molecule has 1 aliphatic heterocycles. The van der Waals surface area contributed by atoms with Crippen molar-refractivity contribution in [2.75, 3.05) is 0 Å². The number of halogens is 5. The average Bonchev–Trinajstić information content (AvgIpc) is 2.77. The van der Waals surface area contributed by atoms with Gasteiger partial charge in [-0.05, 0) is 52.3 Å². The Kier molecular flexibility index (Phi) is 8.21. The van der Waals surface area contributed by atoms with E-state index >= 15 is 0 Å².